The van der Waals surface area contributed by atoms with Crippen molar-refractivity contribution in [2.24, 2.45) is 0 Å². The Kier molecular flexibility index (Phi) is 6.04. The normalized spacial score (nSPS) is 15.1. The van der Waals surface area contributed by atoms with E-state index in [9.17, 15) is 18.0 Å². The summed E-state index contributed by atoms with van der Waals surface area (Å²) < 4.78 is 43.4. The van der Waals surface area contributed by atoms with Crippen molar-refractivity contribution in [2.45, 2.75) is 32.5 Å². The van der Waals surface area contributed by atoms with E-state index in [1.165, 1.54) is 12.1 Å². The molecule has 3 rings (SSSR count). The third-order valence-electron chi connectivity index (χ3n) is 4.36. The number of aromatic nitrogens is 2. The van der Waals surface area contributed by atoms with Crippen LogP contribution in [-0.2, 0) is 10.9 Å². The van der Waals surface area contributed by atoms with Gasteiger partial charge in [0.1, 0.15) is 11.4 Å². The van der Waals surface area contributed by atoms with Crippen LogP contribution in [-0.4, -0.2) is 52.7 Å². The Balaban J connectivity index is 1.60. The molecule has 2 heterocycles. The average molecular weight is 423 g/mol. The molecule has 2 aromatic rings. The third-order valence-corrected chi connectivity index (χ3v) is 4.36. The highest BCUT2D eigenvalue weighted by Gasteiger charge is 2.30. The van der Waals surface area contributed by atoms with Gasteiger partial charge < -0.3 is 19.9 Å². The monoisotopic (exact) mass is 423 g/mol. The number of carbonyl (C=O) groups excluding carboxylic acids is 1. The van der Waals surface area contributed by atoms with E-state index in [1.807, 2.05) is 25.7 Å². The first-order chi connectivity index (χ1) is 14.0. The molecule has 1 fully saturated rings. The Labute approximate surface area is 172 Å². The lowest BCUT2D eigenvalue weighted by Crippen LogP contribution is -2.50. The van der Waals surface area contributed by atoms with Gasteiger partial charge in [-0.25, -0.2) is 9.78 Å². The Morgan fingerprint density at radius 3 is 2.23 bits per heavy atom. The molecule has 1 amide bonds. The first-order valence-corrected chi connectivity index (χ1v) is 9.51. The summed E-state index contributed by atoms with van der Waals surface area (Å²) in [5.41, 5.74) is -0.805. The molecule has 0 saturated carbocycles. The largest absolute Gasteiger partial charge is 0.444 e. The molecular weight excluding hydrogens is 399 g/mol. The zero-order valence-corrected chi connectivity index (χ0v) is 17.0. The fourth-order valence-electron chi connectivity index (χ4n) is 2.90. The number of alkyl halides is 3. The molecule has 7 nitrogen and oxygen atoms in total. The van der Waals surface area contributed by atoms with Crippen molar-refractivity contribution in [3.63, 3.8) is 0 Å². The minimum absolute atomic E-state index is 0.279. The number of carbonyl (C=O) groups is 1. The molecule has 162 valence electrons. The van der Waals surface area contributed by atoms with Crippen LogP contribution in [0.15, 0.2) is 36.5 Å². The van der Waals surface area contributed by atoms with Crippen molar-refractivity contribution in [1.82, 2.24) is 14.9 Å². The summed E-state index contributed by atoms with van der Waals surface area (Å²) in [5, 5.41) is 2.91. The molecule has 30 heavy (non-hydrogen) atoms. The Hall–Kier alpha value is -3.04. The highest BCUT2D eigenvalue weighted by molar-refractivity contribution is 5.68. The minimum Gasteiger partial charge on any atom is -0.444 e. The van der Waals surface area contributed by atoms with E-state index in [2.05, 4.69) is 15.3 Å². The van der Waals surface area contributed by atoms with E-state index >= 15 is 0 Å². The molecule has 1 saturated heterocycles. The van der Waals surface area contributed by atoms with Crippen molar-refractivity contribution < 1.29 is 22.7 Å². The van der Waals surface area contributed by atoms with Crippen LogP contribution in [0.1, 0.15) is 26.3 Å². The number of benzene rings is 1. The first kappa shape index (κ1) is 21.7. The number of nitrogens with zero attached hydrogens (tertiary/aromatic N) is 4. The van der Waals surface area contributed by atoms with Gasteiger partial charge in [-0.1, -0.05) is 0 Å². The molecule has 10 heteroatoms. The maximum Gasteiger partial charge on any atom is 0.416 e. The Bertz CT molecular complexity index is 873. The molecule has 1 aromatic carbocycles. The Morgan fingerprint density at radius 2 is 1.67 bits per heavy atom. The lowest BCUT2D eigenvalue weighted by atomic mass is 10.2. The summed E-state index contributed by atoms with van der Waals surface area (Å²) >= 11 is 0. The Morgan fingerprint density at radius 1 is 1.03 bits per heavy atom. The molecule has 0 aliphatic carbocycles. The predicted octanol–water partition coefficient (Wildman–Crippen LogP) is 4.30. The zero-order chi connectivity index (χ0) is 21.9. The van der Waals surface area contributed by atoms with Crippen LogP contribution in [0.25, 0.3) is 0 Å². The summed E-state index contributed by atoms with van der Waals surface area (Å²) in [6.07, 6.45) is -3.14. The molecule has 0 atom stereocenters. The zero-order valence-electron chi connectivity index (χ0n) is 17.0. The van der Waals surface area contributed by atoms with E-state index in [0.29, 0.717) is 37.7 Å². The second-order valence-electron chi connectivity index (χ2n) is 7.89. The van der Waals surface area contributed by atoms with Crippen LogP contribution >= 0.6 is 0 Å². The summed E-state index contributed by atoms with van der Waals surface area (Å²) in [5.74, 6) is 0.949. The van der Waals surface area contributed by atoms with E-state index in [1.54, 1.807) is 17.2 Å². The van der Waals surface area contributed by atoms with Gasteiger partial charge in [0.25, 0.3) is 0 Å². The average Bonchev–Trinajstić information content (AvgIpc) is 2.67. The van der Waals surface area contributed by atoms with Crippen LogP contribution in [0.5, 0.6) is 0 Å². The van der Waals surface area contributed by atoms with Gasteiger partial charge in [-0.2, -0.15) is 18.2 Å². The van der Waals surface area contributed by atoms with Crippen LogP contribution in [0.2, 0.25) is 0 Å². The van der Waals surface area contributed by atoms with Gasteiger partial charge in [-0.15, -0.1) is 0 Å². The summed E-state index contributed by atoms with van der Waals surface area (Å²) in [4.78, 5) is 24.4. The van der Waals surface area contributed by atoms with Gasteiger partial charge in [-0.3, -0.25) is 0 Å². The minimum atomic E-state index is -4.38. The predicted molar refractivity (Wildman–Crippen MR) is 107 cm³/mol. The van der Waals surface area contributed by atoms with E-state index < -0.39 is 17.3 Å². The molecule has 0 spiro atoms. The number of amides is 1. The number of halogens is 3. The lowest BCUT2D eigenvalue weighted by Gasteiger charge is -2.36. The maximum atomic E-state index is 12.7. The molecule has 0 bridgehead atoms. The molecular formula is C20H24F3N5O2. The van der Waals surface area contributed by atoms with Crippen LogP contribution in [0.4, 0.5) is 35.4 Å². The van der Waals surface area contributed by atoms with Gasteiger partial charge in [0.2, 0.25) is 5.95 Å². The maximum absolute atomic E-state index is 12.7. The van der Waals surface area contributed by atoms with Crippen molar-refractivity contribution in [2.75, 3.05) is 36.4 Å². The second-order valence-corrected chi connectivity index (χ2v) is 7.89. The number of nitrogens with one attached hydrogen (secondary N) is 1. The number of anilines is 3. The lowest BCUT2D eigenvalue weighted by molar-refractivity contribution is -0.137. The van der Waals surface area contributed by atoms with Crippen molar-refractivity contribution in [3.05, 3.63) is 42.1 Å². The topological polar surface area (TPSA) is 70.6 Å². The number of piperazine rings is 1. The first-order valence-electron chi connectivity index (χ1n) is 9.51. The van der Waals surface area contributed by atoms with E-state index in [0.717, 1.165) is 12.1 Å². The summed E-state index contributed by atoms with van der Waals surface area (Å²) in [6, 6.07) is 6.42. The molecule has 1 aromatic heterocycles. The van der Waals surface area contributed by atoms with E-state index in [-0.39, 0.29) is 12.0 Å². The SMILES string of the molecule is CC(C)(C)OC(=O)N1CCN(c2ccnc(Nc3ccc(C(F)(F)F)cc3)n2)CC1. The second kappa shape index (κ2) is 8.37. The molecule has 1 aliphatic heterocycles. The highest BCUT2D eigenvalue weighted by atomic mass is 19.4. The molecule has 1 aliphatic rings. The number of hydrogen-bond donors (Lipinski definition) is 1. The highest BCUT2D eigenvalue weighted by Crippen LogP contribution is 2.30. The van der Waals surface area contributed by atoms with Crippen molar-refractivity contribution >= 4 is 23.5 Å². The van der Waals surface area contributed by atoms with Gasteiger partial charge in [0.15, 0.2) is 0 Å². The van der Waals surface area contributed by atoms with Crippen molar-refractivity contribution in [3.8, 4) is 0 Å². The molecule has 0 unspecified atom stereocenters. The van der Waals surface area contributed by atoms with E-state index in [4.69, 9.17) is 4.74 Å². The number of rotatable bonds is 3. The quantitative estimate of drug-likeness (QED) is 0.794. The van der Waals surface area contributed by atoms with Crippen molar-refractivity contribution in [1.29, 1.82) is 0 Å². The van der Waals surface area contributed by atoms with Crippen LogP contribution in [0, 0.1) is 0 Å². The molecule has 0 radical (unpaired) electrons. The van der Waals surface area contributed by atoms with Gasteiger partial charge in [-0.05, 0) is 51.1 Å². The van der Waals surface area contributed by atoms with Gasteiger partial charge >= 0.3 is 12.3 Å². The summed E-state index contributed by atoms with van der Waals surface area (Å²) in [6.45, 7) is 7.64. The number of ether oxygens (including phenoxy) is 1. The standard InChI is InChI=1S/C20H24F3N5O2/c1-19(2,3)30-18(29)28-12-10-27(11-13-28)16-8-9-24-17(26-16)25-15-6-4-14(5-7-15)20(21,22)23/h4-9H,10-13H2,1-3H3,(H,24,25,26). The molecule has 1 N–H and O–H groups in total. The third kappa shape index (κ3) is 5.74. The van der Waals surface area contributed by atoms with Gasteiger partial charge in [0.05, 0.1) is 5.56 Å². The van der Waals surface area contributed by atoms with Gasteiger partial charge in [0, 0.05) is 38.1 Å². The smallest absolute Gasteiger partial charge is 0.416 e. The fourth-order valence-corrected chi connectivity index (χ4v) is 2.90. The van der Waals surface area contributed by atoms with Crippen LogP contribution in [0.3, 0.4) is 0 Å². The summed E-state index contributed by atoms with van der Waals surface area (Å²) in [7, 11) is 0. The van der Waals surface area contributed by atoms with Crippen LogP contribution < -0.4 is 10.2 Å². The fraction of sp³-hybridized carbons (Fsp3) is 0.450. The number of hydrogen-bond acceptors (Lipinski definition) is 6.